The summed E-state index contributed by atoms with van der Waals surface area (Å²) in [5.41, 5.74) is 4.84. The lowest BCUT2D eigenvalue weighted by Crippen LogP contribution is -2.74. The van der Waals surface area contributed by atoms with Crippen LogP contribution in [0.15, 0.2) is 84.9 Å². The molecule has 2 saturated heterocycles. The largest absolute Gasteiger partial charge is 0.489 e. The van der Waals surface area contributed by atoms with Crippen molar-refractivity contribution in [2.75, 3.05) is 31.1 Å². The Kier molecular flexibility index (Phi) is 10.3. The number of rotatable bonds is 9. The third kappa shape index (κ3) is 7.34. The first-order valence-corrected chi connectivity index (χ1v) is 20.2. The van der Waals surface area contributed by atoms with Gasteiger partial charge in [-0.1, -0.05) is 69.6 Å². The molecule has 3 aliphatic heterocycles. The molecule has 0 aromatic heterocycles. The summed E-state index contributed by atoms with van der Waals surface area (Å²) in [5, 5.41) is 15.1. The van der Waals surface area contributed by atoms with E-state index >= 15 is 0 Å². The maximum absolute atomic E-state index is 13.5. The second-order valence-electron chi connectivity index (χ2n) is 17.0. The molecule has 0 bridgehead atoms. The van der Waals surface area contributed by atoms with Crippen molar-refractivity contribution in [2.24, 2.45) is 10.8 Å². The number of benzene rings is 4. The zero-order valence-electron chi connectivity index (χ0n) is 33.4. The third-order valence-corrected chi connectivity index (χ3v) is 12.7. The van der Waals surface area contributed by atoms with Gasteiger partial charge in [-0.15, -0.1) is 0 Å². The summed E-state index contributed by atoms with van der Waals surface area (Å²) in [4.78, 5) is 69.7. The molecular weight excluding hydrogens is 768 g/mol. The first kappa shape index (κ1) is 39.8. The first-order valence-electron chi connectivity index (χ1n) is 19.8. The van der Waals surface area contributed by atoms with E-state index in [0.29, 0.717) is 21.9 Å². The molecular formula is C46H45ClN6O6. The molecule has 0 radical (unpaired) electrons. The van der Waals surface area contributed by atoms with E-state index in [-0.39, 0.29) is 52.9 Å². The number of piperazine rings is 1. The molecule has 1 unspecified atom stereocenters. The number of anilines is 1. The number of piperidine rings is 1. The molecule has 4 aromatic carbocycles. The zero-order chi connectivity index (χ0) is 41.8. The summed E-state index contributed by atoms with van der Waals surface area (Å²) >= 11 is 6.25. The Hall–Kier alpha value is -6.03. The normalized spacial score (nSPS) is 22.3. The maximum Gasteiger partial charge on any atom is 0.262 e. The molecule has 13 heteroatoms. The van der Waals surface area contributed by atoms with Gasteiger partial charge in [0.05, 0.1) is 21.7 Å². The van der Waals surface area contributed by atoms with Gasteiger partial charge in [-0.2, -0.15) is 5.26 Å². The van der Waals surface area contributed by atoms with E-state index in [4.69, 9.17) is 16.3 Å². The SMILES string of the molecule is CC1(C)C(NC(=O)c2ccc(-c3cccc(CN4CCN(c5ccc6c(c5)C(=O)N(C5CCC(=O)NC5=O)C6=O)CC4)c3)cc2)C(C)(C)C1Oc1ccc(C#N)c(Cl)c1. The Labute approximate surface area is 348 Å². The zero-order valence-corrected chi connectivity index (χ0v) is 34.1. The van der Waals surface area contributed by atoms with Gasteiger partial charge in [0, 0.05) is 73.3 Å². The minimum atomic E-state index is -0.991. The van der Waals surface area contributed by atoms with Crippen molar-refractivity contribution >= 4 is 46.8 Å². The standard InChI is InChI=1S/C46H45ClN6O6/c1-45(2)43(46(3,4)44(45)59-33-14-12-31(25-48)36(47)24-33)50-39(55)29-10-8-28(9-11-29)30-7-5-6-27(22-30)26-51-18-20-52(21-19-51)32-13-15-34-35(23-32)42(58)53(41(34)57)37-16-17-38(54)49-40(37)56/h5-15,22-24,37,43-44H,16-21,26H2,1-4H3,(H,50,55)(H,49,54,56). The number of halogens is 1. The third-order valence-electron chi connectivity index (χ3n) is 12.4. The second kappa shape index (κ2) is 15.3. The Balaban J connectivity index is 0.854. The smallest absolute Gasteiger partial charge is 0.262 e. The number of carbonyl (C=O) groups is 5. The number of hydrogen-bond donors (Lipinski definition) is 2. The summed E-state index contributed by atoms with van der Waals surface area (Å²) in [6, 6.07) is 27.3. The average molecular weight is 813 g/mol. The van der Waals surface area contributed by atoms with Crippen molar-refractivity contribution in [3.63, 3.8) is 0 Å². The number of nitriles is 1. The molecule has 8 rings (SSSR count). The van der Waals surface area contributed by atoms with Crippen molar-refractivity contribution in [1.29, 1.82) is 5.26 Å². The Bertz CT molecular complexity index is 2420. The minimum Gasteiger partial charge on any atom is -0.489 e. The molecule has 1 aliphatic carbocycles. The first-order chi connectivity index (χ1) is 28.1. The van der Waals surface area contributed by atoms with E-state index in [0.717, 1.165) is 54.4 Å². The lowest BCUT2D eigenvalue weighted by molar-refractivity contribution is -0.164. The van der Waals surface area contributed by atoms with Crippen LogP contribution < -0.4 is 20.3 Å². The number of fused-ring (bicyclic) bond motifs is 1. The molecule has 3 fully saturated rings. The van der Waals surface area contributed by atoms with Crippen LogP contribution >= 0.6 is 11.6 Å². The Morgan fingerprint density at radius 3 is 2.25 bits per heavy atom. The topological polar surface area (TPSA) is 152 Å². The lowest BCUT2D eigenvalue weighted by Gasteiger charge is -2.63. The van der Waals surface area contributed by atoms with Gasteiger partial charge in [0.25, 0.3) is 17.7 Å². The van der Waals surface area contributed by atoms with Crippen LogP contribution in [0.2, 0.25) is 5.02 Å². The van der Waals surface area contributed by atoms with Crippen molar-refractivity contribution in [1.82, 2.24) is 20.4 Å². The van der Waals surface area contributed by atoms with E-state index in [9.17, 15) is 29.2 Å². The Morgan fingerprint density at radius 2 is 1.58 bits per heavy atom. The van der Waals surface area contributed by atoms with Crippen LogP contribution in [-0.2, 0) is 16.1 Å². The van der Waals surface area contributed by atoms with E-state index < -0.39 is 29.7 Å². The number of imide groups is 2. The van der Waals surface area contributed by atoms with E-state index in [1.807, 2.05) is 36.4 Å². The number of ether oxygens (including phenoxy) is 1. The maximum atomic E-state index is 13.5. The molecule has 12 nitrogen and oxygen atoms in total. The van der Waals surface area contributed by atoms with E-state index in [2.05, 4.69) is 72.4 Å². The molecule has 302 valence electrons. The molecule has 4 aromatic rings. The van der Waals surface area contributed by atoms with Crippen LogP contribution in [0.4, 0.5) is 5.69 Å². The molecule has 4 aliphatic rings. The number of nitrogens with zero attached hydrogens (tertiary/aromatic N) is 4. The van der Waals surface area contributed by atoms with Gasteiger partial charge in [-0.05, 0) is 71.6 Å². The van der Waals surface area contributed by atoms with Crippen molar-refractivity contribution in [3.8, 4) is 22.9 Å². The predicted octanol–water partition coefficient (Wildman–Crippen LogP) is 6.21. The number of carbonyl (C=O) groups excluding carboxylic acids is 5. The Morgan fingerprint density at radius 1 is 0.864 bits per heavy atom. The van der Waals surface area contributed by atoms with Gasteiger partial charge in [-0.3, -0.25) is 39.1 Å². The highest BCUT2D eigenvalue weighted by molar-refractivity contribution is 6.31. The monoisotopic (exact) mass is 812 g/mol. The van der Waals surface area contributed by atoms with Crippen LogP contribution in [0.1, 0.15) is 82.7 Å². The van der Waals surface area contributed by atoms with E-state index in [1.54, 1.807) is 30.3 Å². The summed E-state index contributed by atoms with van der Waals surface area (Å²) in [7, 11) is 0. The molecule has 2 N–H and O–H groups in total. The van der Waals surface area contributed by atoms with Crippen LogP contribution in [0.25, 0.3) is 11.1 Å². The summed E-state index contributed by atoms with van der Waals surface area (Å²) in [6.45, 7) is 12.1. The minimum absolute atomic E-state index is 0.0785. The highest BCUT2D eigenvalue weighted by Crippen LogP contribution is 2.55. The van der Waals surface area contributed by atoms with Crippen molar-refractivity contribution in [2.45, 2.75) is 65.3 Å². The summed E-state index contributed by atoms with van der Waals surface area (Å²) < 4.78 is 6.38. The average Bonchev–Trinajstić information content (AvgIpc) is 3.47. The van der Waals surface area contributed by atoms with Gasteiger partial charge in [0.1, 0.15) is 24.0 Å². The predicted molar refractivity (Wildman–Crippen MR) is 222 cm³/mol. The van der Waals surface area contributed by atoms with Crippen LogP contribution in [0, 0.1) is 22.2 Å². The number of hydrogen-bond acceptors (Lipinski definition) is 9. The van der Waals surface area contributed by atoms with Crippen LogP contribution in [-0.4, -0.2) is 83.7 Å². The number of amides is 5. The fourth-order valence-electron chi connectivity index (χ4n) is 9.55. The fourth-order valence-corrected chi connectivity index (χ4v) is 9.76. The van der Waals surface area contributed by atoms with Crippen LogP contribution in [0.3, 0.4) is 0 Å². The molecule has 1 saturated carbocycles. The molecule has 59 heavy (non-hydrogen) atoms. The molecule has 3 heterocycles. The van der Waals surface area contributed by atoms with Crippen molar-refractivity contribution < 1.29 is 28.7 Å². The number of nitrogens with one attached hydrogen (secondary N) is 2. The fraction of sp³-hybridized carbons (Fsp3) is 0.348. The second-order valence-corrected chi connectivity index (χ2v) is 17.4. The quantitative estimate of drug-likeness (QED) is 0.188. The van der Waals surface area contributed by atoms with E-state index in [1.165, 1.54) is 5.56 Å². The summed E-state index contributed by atoms with van der Waals surface area (Å²) in [5.74, 6) is -1.60. The van der Waals surface area contributed by atoms with Gasteiger partial charge < -0.3 is 15.0 Å². The summed E-state index contributed by atoms with van der Waals surface area (Å²) in [6.07, 6.45) is -0.000197. The van der Waals surface area contributed by atoms with Gasteiger partial charge in [-0.25, -0.2) is 0 Å². The molecule has 1 atom stereocenters. The van der Waals surface area contributed by atoms with Gasteiger partial charge in [0.2, 0.25) is 11.8 Å². The van der Waals surface area contributed by atoms with Crippen LogP contribution in [0.5, 0.6) is 5.75 Å². The van der Waals surface area contributed by atoms with Crippen molar-refractivity contribution in [3.05, 3.63) is 118 Å². The van der Waals surface area contributed by atoms with Gasteiger partial charge >= 0.3 is 0 Å². The lowest BCUT2D eigenvalue weighted by atomic mass is 9.49. The highest BCUT2D eigenvalue weighted by Gasteiger charge is 2.64. The highest BCUT2D eigenvalue weighted by atomic mass is 35.5. The van der Waals surface area contributed by atoms with Gasteiger partial charge in [0.15, 0.2) is 0 Å². The molecule has 5 amide bonds. The molecule has 0 spiro atoms.